The SMILES string of the molecule is C[C@@H]([NH3+])c1ccc(C(F)(F)F)cc1. The molecule has 0 heterocycles. The zero-order valence-corrected chi connectivity index (χ0v) is 7.23. The molecule has 0 saturated carbocycles. The predicted octanol–water partition coefficient (Wildman–Crippen LogP) is 2.01. The monoisotopic (exact) mass is 190 g/mol. The van der Waals surface area contributed by atoms with Gasteiger partial charge in [-0.25, -0.2) is 0 Å². The van der Waals surface area contributed by atoms with Crippen molar-refractivity contribution >= 4 is 0 Å². The topological polar surface area (TPSA) is 27.6 Å². The van der Waals surface area contributed by atoms with E-state index in [0.29, 0.717) is 0 Å². The van der Waals surface area contributed by atoms with E-state index in [4.69, 9.17) is 0 Å². The first kappa shape index (κ1) is 10.1. The molecule has 0 saturated heterocycles. The van der Waals surface area contributed by atoms with Gasteiger partial charge in [-0.3, -0.25) is 0 Å². The highest BCUT2D eigenvalue weighted by Gasteiger charge is 2.30. The molecular formula is C9H11F3N+. The number of rotatable bonds is 1. The van der Waals surface area contributed by atoms with Gasteiger partial charge in [0.15, 0.2) is 0 Å². The van der Waals surface area contributed by atoms with Gasteiger partial charge in [0, 0.05) is 5.56 Å². The summed E-state index contributed by atoms with van der Waals surface area (Å²) in [5, 5.41) is 0. The molecule has 1 aromatic rings. The third kappa shape index (κ3) is 2.45. The van der Waals surface area contributed by atoms with Crippen LogP contribution in [-0.4, -0.2) is 0 Å². The van der Waals surface area contributed by atoms with E-state index >= 15 is 0 Å². The standard InChI is InChI=1S/C9H10F3N/c1-6(13)7-2-4-8(5-3-7)9(10,11)12/h2-6H,13H2,1H3/p+1/t6-/m1/s1. The Morgan fingerprint density at radius 1 is 1.15 bits per heavy atom. The molecule has 13 heavy (non-hydrogen) atoms. The molecule has 3 N–H and O–H groups in total. The summed E-state index contributed by atoms with van der Waals surface area (Å²) in [6.45, 7) is 1.84. The van der Waals surface area contributed by atoms with Crippen LogP contribution in [0.5, 0.6) is 0 Å². The normalized spacial score (nSPS) is 14.2. The van der Waals surface area contributed by atoms with Gasteiger partial charge in [0.1, 0.15) is 6.04 Å². The number of alkyl halides is 3. The van der Waals surface area contributed by atoms with Gasteiger partial charge < -0.3 is 5.73 Å². The quantitative estimate of drug-likeness (QED) is 0.701. The summed E-state index contributed by atoms with van der Waals surface area (Å²) < 4.78 is 36.3. The summed E-state index contributed by atoms with van der Waals surface area (Å²) in [6, 6.07) is 5.09. The summed E-state index contributed by atoms with van der Waals surface area (Å²) >= 11 is 0. The first-order valence-electron chi connectivity index (χ1n) is 3.91. The molecule has 0 radical (unpaired) electrons. The molecule has 0 fully saturated rings. The molecule has 0 aliphatic carbocycles. The number of quaternary nitrogens is 1. The van der Waals surface area contributed by atoms with Gasteiger partial charge in [0.25, 0.3) is 0 Å². The fraction of sp³-hybridized carbons (Fsp3) is 0.333. The minimum absolute atomic E-state index is 0.0160. The molecule has 0 spiro atoms. The highest BCUT2D eigenvalue weighted by Crippen LogP contribution is 2.29. The fourth-order valence-electron chi connectivity index (χ4n) is 1.00. The molecule has 0 aromatic heterocycles. The maximum Gasteiger partial charge on any atom is 0.416 e. The van der Waals surface area contributed by atoms with Crippen LogP contribution in [0.4, 0.5) is 13.2 Å². The lowest BCUT2D eigenvalue weighted by Crippen LogP contribution is -2.51. The van der Waals surface area contributed by atoms with E-state index in [1.54, 1.807) is 0 Å². The van der Waals surface area contributed by atoms with Crippen LogP contribution < -0.4 is 5.73 Å². The molecule has 0 aliphatic heterocycles. The maximum absolute atomic E-state index is 12.1. The van der Waals surface area contributed by atoms with Crippen LogP contribution in [0.15, 0.2) is 24.3 Å². The van der Waals surface area contributed by atoms with Crippen molar-refractivity contribution in [1.82, 2.24) is 0 Å². The second kappa shape index (κ2) is 3.38. The van der Waals surface area contributed by atoms with Crippen molar-refractivity contribution in [3.63, 3.8) is 0 Å². The summed E-state index contributed by atoms with van der Waals surface area (Å²) in [7, 11) is 0. The zero-order chi connectivity index (χ0) is 10.1. The highest BCUT2D eigenvalue weighted by molar-refractivity contribution is 5.25. The van der Waals surface area contributed by atoms with Gasteiger partial charge in [-0.2, -0.15) is 13.2 Å². The molecule has 1 nitrogen and oxygen atoms in total. The van der Waals surface area contributed by atoms with Crippen molar-refractivity contribution in [2.24, 2.45) is 0 Å². The minimum Gasteiger partial charge on any atom is -0.352 e. The average molecular weight is 190 g/mol. The van der Waals surface area contributed by atoms with E-state index in [1.807, 2.05) is 6.92 Å². The average Bonchev–Trinajstić information content (AvgIpc) is 2.03. The van der Waals surface area contributed by atoms with Crippen LogP contribution in [-0.2, 0) is 6.18 Å². The summed E-state index contributed by atoms with van der Waals surface area (Å²) in [5.41, 5.74) is 3.92. The van der Waals surface area contributed by atoms with E-state index in [-0.39, 0.29) is 6.04 Å². The van der Waals surface area contributed by atoms with Crippen LogP contribution in [0.2, 0.25) is 0 Å². The van der Waals surface area contributed by atoms with Crippen LogP contribution in [0.1, 0.15) is 24.1 Å². The summed E-state index contributed by atoms with van der Waals surface area (Å²) in [4.78, 5) is 0. The third-order valence-corrected chi connectivity index (χ3v) is 1.81. The van der Waals surface area contributed by atoms with Crippen molar-refractivity contribution < 1.29 is 18.9 Å². The second-order valence-electron chi connectivity index (χ2n) is 3.02. The van der Waals surface area contributed by atoms with Crippen molar-refractivity contribution in [2.45, 2.75) is 19.1 Å². The van der Waals surface area contributed by atoms with E-state index in [9.17, 15) is 13.2 Å². The Kier molecular flexibility index (Phi) is 2.61. The maximum atomic E-state index is 12.1. The number of benzene rings is 1. The Morgan fingerprint density at radius 2 is 1.62 bits per heavy atom. The molecule has 0 aliphatic rings. The van der Waals surface area contributed by atoms with Crippen LogP contribution in [0, 0.1) is 0 Å². The van der Waals surface area contributed by atoms with Crippen LogP contribution in [0.3, 0.4) is 0 Å². The van der Waals surface area contributed by atoms with Crippen molar-refractivity contribution in [3.05, 3.63) is 35.4 Å². The first-order valence-corrected chi connectivity index (χ1v) is 3.91. The van der Waals surface area contributed by atoms with E-state index < -0.39 is 11.7 Å². The van der Waals surface area contributed by atoms with Gasteiger partial charge in [-0.05, 0) is 19.1 Å². The van der Waals surface area contributed by atoms with Crippen LogP contribution >= 0.6 is 0 Å². The summed E-state index contributed by atoms with van der Waals surface area (Å²) in [6.07, 6.45) is -4.25. The Bertz CT molecular complexity index is 274. The van der Waals surface area contributed by atoms with E-state index in [2.05, 4.69) is 5.73 Å². The highest BCUT2D eigenvalue weighted by atomic mass is 19.4. The lowest BCUT2D eigenvalue weighted by molar-refractivity contribution is -0.420. The van der Waals surface area contributed by atoms with Gasteiger partial charge in [0.2, 0.25) is 0 Å². The van der Waals surface area contributed by atoms with Gasteiger partial charge in [0.05, 0.1) is 5.56 Å². The van der Waals surface area contributed by atoms with Gasteiger partial charge in [-0.1, -0.05) is 12.1 Å². The molecule has 1 rings (SSSR count). The van der Waals surface area contributed by atoms with E-state index in [1.165, 1.54) is 12.1 Å². The Hall–Kier alpha value is -1.03. The molecule has 4 heteroatoms. The van der Waals surface area contributed by atoms with Crippen molar-refractivity contribution in [1.29, 1.82) is 0 Å². The lowest BCUT2D eigenvalue weighted by atomic mass is 10.1. The largest absolute Gasteiger partial charge is 0.416 e. The third-order valence-electron chi connectivity index (χ3n) is 1.81. The van der Waals surface area contributed by atoms with Gasteiger partial charge in [-0.15, -0.1) is 0 Å². The number of halogens is 3. The minimum atomic E-state index is -4.25. The number of hydrogen-bond donors (Lipinski definition) is 1. The second-order valence-corrected chi connectivity index (χ2v) is 3.02. The molecule has 1 aromatic carbocycles. The smallest absolute Gasteiger partial charge is 0.352 e. The van der Waals surface area contributed by atoms with Crippen LogP contribution in [0.25, 0.3) is 0 Å². The Balaban J connectivity index is 2.94. The van der Waals surface area contributed by atoms with E-state index in [0.717, 1.165) is 17.7 Å². The summed E-state index contributed by atoms with van der Waals surface area (Å²) in [5.74, 6) is 0. The molecular weight excluding hydrogens is 179 g/mol. The zero-order valence-electron chi connectivity index (χ0n) is 7.23. The fourth-order valence-corrected chi connectivity index (χ4v) is 1.00. The molecule has 0 amide bonds. The number of hydrogen-bond acceptors (Lipinski definition) is 0. The van der Waals surface area contributed by atoms with Crippen molar-refractivity contribution in [2.75, 3.05) is 0 Å². The lowest BCUT2D eigenvalue weighted by Gasteiger charge is -2.07. The molecule has 1 atom stereocenters. The Morgan fingerprint density at radius 3 is 1.92 bits per heavy atom. The predicted molar refractivity (Wildman–Crippen MR) is 42.7 cm³/mol. The van der Waals surface area contributed by atoms with Crippen molar-refractivity contribution in [3.8, 4) is 0 Å². The first-order chi connectivity index (χ1) is 5.91. The van der Waals surface area contributed by atoms with Gasteiger partial charge >= 0.3 is 6.18 Å². The molecule has 0 bridgehead atoms. The molecule has 0 unspecified atom stereocenters. The Labute approximate surface area is 74.4 Å². The molecule has 72 valence electrons.